The maximum atomic E-state index is 11.4. The van der Waals surface area contributed by atoms with Gasteiger partial charge in [-0.15, -0.1) is 0 Å². The summed E-state index contributed by atoms with van der Waals surface area (Å²) in [6.07, 6.45) is -7.59. The van der Waals surface area contributed by atoms with Gasteiger partial charge in [-0.05, 0) is 13.0 Å². The smallest absolute Gasteiger partial charge is 0.387 e. The van der Waals surface area contributed by atoms with Crippen LogP contribution in [0.2, 0.25) is 0 Å². The van der Waals surface area contributed by atoms with Crippen molar-refractivity contribution in [3.8, 4) is 0 Å². The zero-order chi connectivity index (χ0) is 15.3. The first-order valence-corrected chi connectivity index (χ1v) is 7.47. The fraction of sp³-hybridized carbons (Fsp3) is 1.00. The predicted molar refractivity (Wildman–Crippen MR) is 64.3 cm³/mol. The number of hydrogen-bond acceptors (Lipinski definition) is 9. The molecule has 0 spiro atoms. The number of phosphoric ester groups is 1. The first-order valence-electron chi connectivity index (χ1n) is 5.98. The van der Waals surface area contributed by atoms with Crippen molar-refractivity contribution in [2.45, 2.75) is 37.1 Å². The average molecular weight is 317 g/mol. The van der Waals surface area contributed by atoms with Gasteiger partial charge in [0.15, 0.2) is 6.29 Å². The largest absolute Gasteiger partial charge is 0.472 e. The van der Waals surface area contributed by atoms with Gasteiger partial charge in [-0.2, -0.15) is 0 Å². The summed E-state index contributed by atoms with van der Waals surface area (Å²) in [5, 5.41) is 37.5. The van der Waals surface area contributed by atoms with E-state index in [-0.39, 0.29) is 13.2 Å². The van der Waals surface area contributed by atoms with E-state index in [1.807, 2.05) is 0 Å². The van der Waals surface area contributed by atoms with Crippen molar-refractivity contribution >= 4 is 7.82 Å². The van der Waals surface area contributed by atoms with Crippen LogP contribution in [-0.2, 0) is 18.3 Å². The second kappa shape index (κ2) is 7.76. The summed E-state index contributed by atoms with van der Waals surface area (Å²) in [5.41, 5.74) is 5.19. The van der Waals surface area contributed by atoms with Gasteiger partial charge >= 0.3 is 7.82 Å². The van der Waals surface area contributed by atoms with E-state index in [9.17, 15) is 29.9 Å². The minimum atomic E-state index is -4.34. The van der Waals surface area contributed by atoms with Gasteiger partial charge in [-0.1, -0.05) is 0 Å². The summed E-state index contributed by atoms with van der Waals surface area (Å²) < 4.78 is 25.3. The summed E-state index contributed by atoms with van der Waals surface area (Å²) in [6.45, 7) is -0.415. The van der Waals surface area contributed by atoms with Crippen molar-refractivity contribution in [3.05, 3.63) is 0 Å². The Balaban J connectivity index is 2.46. The molecule has 0 radical (unpaired) electrons. The van der Waals surface area contributed by atoms with E-state index in [1.165, 1.54) is 0 Å². The van der Waals surface area contributed by atoms with Gasteiger partial charge < -0.3 is 35.8 Å². The minimum Gasteiger partial charge on any atom is -0.387 e. The number of ether oxygens (including phenoxy) is 1. The molecule has 120 valence electrons. The predicted octanol–water partition coefficient (Wildman–Crippen LogP) is -2.73. The zero-order valence-electron chi connectivity index (χ0n) is 10.6. The third-order valence-electron chi connectivity index (χ3n) is 2.69. The molecule has 10 nitrogen and oxygen atoms in total. The fourth-order valence-corrected chi connectivity index (χ4v) is 2.31. The van der Waals surface area contributed by atoms with Gasteiger partial charge in [0.05, 0.1) is 13.2 Å². The topological polar surface area (TPSA) is 172 Å². The molecule has 1 aliphatic rings. The van der Waals surface area contributed by atoms with Crippen LogP contribution in [0.3, 0.4) is 0 Å². The molecule has 0 saturated carbocycles. The molecule has 1 heterocycles. The second-order valence-corrected chi connectivity index (χ2v) is 5.73. The van der Waals surface area contributed by atoms with E-state index in [0.717, 1.165) is 0 Å². The zero-order valence-corrected chi connectivity index (χ0v) is 11.5. The third kappa shape index (κ3) is 5.01. The lowest BCUT2D eigenvalue weighted by Crippen LogP contribution is -2.58. The Morgan fingerprint density at radius 2 is 1.75 bits per heavy atom. The Bertz CT molecular complexity index is 343. The summed E-state index contributed by atoms with van der Waals surface area (Å²) >= 11 is 0. The van der Waals surface area contributed by atoms with Crippen LogP contribution in [0.15, 0.2) is 0 Å². The van der Waals surface area contributed by atoms with Crippen LogP contribution < -0.4 is 5.73 Å². The molecule has 0 bridgehead atoms. The van der Waals surface area contributed by atoms with Crippen LogP contribution >= 0.6 is 7.82 Å². The molecular weight excluding hydrogens is 297 g/mol. The van der Waals surface area contributed by atoms with Crippen molar-refractivity contribution in [2.75, 3.05) is 19.8 Å². The molecule has 0 aromatic heterocycles. The molecule has 6 atom stereocenters. The van der Waals surface area contributed by atoms with E-state index in [4.69, 9.17) is 10.5 Å². The molecule has 0 aromatic rings. The monoisotopic (exact) mass is 317 g/mol. The molecule has 1 rings (SSSR count). The number of phosphoric acid groups is 1. The van der Waals surface area contributed by atoms with Gasteiger partial charge in [0, 0.05) is 0 Å². The van der Waals surface area contributed by atoms with Crippen LogP contribution in [0.4, 0.5) is 0 Å². The van der Waals surface area contributed by atoms with E-state index in [1.54, 1.807) is 0 Å². The first-order chi connectivity index (χ1) is 9.28. The van der Waals surface area contributed by atoms with E-state index in [2.05, 4.69) is 9.05 Å². The highest BCUT2D eigenvalue weighted by Crippen LogP contribution is 2.43. The fourth-order valence-electron chi connectivity index (χ4n) is 1.54. The Hall–Kier alpha value is -0.130. The van der Waals surface area contributed by atoms with Gasteiger partial charge in [0.25, 0.3) is 0 Å². The van der Waals surface area contributed by atoms with Gasteiger partial charge in [0.2, 0.25) is 0 Å². The lowest BCUT2D eigenvalue weighted by atomic mass is 10.00. The van der Waals surface area contributed by atoms with Crippen molar-refractivity contribution in [1.29, 1.82) is 0 Å². The van der Waals surface area contributed by atoms with Gasteiger partial charge in [-0.3, -0.25) is 9.05 Å². The number of aliphatic hydroxyl groups is 4. The molecule has 1 fully saturated rings. The van der Waals surface area contributed by atoms with Crippen LogP contribution in [-0.4, -0.2) is 75.8 Å². The average Bonchev–Trinajstić information content (AvgIpc) is 2.39. The maximum absolute atomic E-state index is 11.4. The Morgan fingerprint density at radius 3 is 2.35 bits per heavy atom. The van der Waals surface area contributed by atoms with Crippen molar-refractivity contribution in [2.24, 2.45) is 5.73 Å². The molecule has 11 heteroatoms. The lowest BCUT2D eigenvalue weighted by molar-refractivity contribution is -0.285. The molecule has 0 amide bonds. The molecule has 1 saturated heterocycles. The van der Waals surface area contributed by atoms with Gasteiger partial charge in [-0.25, -0.2) is 4.57 Å². The molecule has 2 unspecified atom stereocenters. The summed E-state index contributed by atoms with van der Waals surface area (Å²) in [4.78, 5) is 9.30. The van der Waals surface area contributed by atoms with Gasteiger partial charge in [0.1, 0.15) is 24.4 Å². The maximum Gasteiger partial charge on any atom is 0.472 e. The Morgan fingerprint density at radius 1 is 1.10 bits per heavy atom. The Kier molecular flexibility index (Phi) is 6.95. The number of rotatable bonds is 7. The number of hydrogen-bond donors (Lipinski definition) is 6. The molecule has 0 aromatic carbocycles. The molecule has 7 N–H and O–H groups in total. The van der Waals surface area contributed by atoms with Crippen LogP contribution in [0, 0.1) is 0 Å². The van der Waals surface area contributed by atoms with E-state index >= 15 is 0 Å². The van der Waals surface area contributed by atoms with Crippen molar-refractivity contribution in [3.63, 3.8) is 0 Å². The number of nitrogens with two attached hydrogens (primary N) is 1. The van der Waals surface area contributed by atoms with Crippen LogP contribution in [0.25, 0.3) is 0 Å². The third-order valence-corrected chi connectivity index (χ3v) is 3.68. The Labute approximate surface area is 115 Å². The van der Waals surface area contributed by atoms with E-state index in [0.29, 0.717) is 6.42 Å². The highest BCUT2D eigenvalue weighted by molar-refractivity contribution is 7.47. The van der Waals surface area contributed by atoms with Crippen molar-refractivity contribution < 1.29 is 43.7 Å². The second-order valence-electron chi connectivity index (χ2n) is 4.28. The summed E-state index contributed by atoms with van der Waals surface area (Å²) in [7, 11) is -4.34. The highest BCUT2D eigenvalue weighted by Gasteiger charge is 2.43. The SMILES string of the molecule is NCCCOP(=O)(O)OC[C@H]1OC(O)[C@H](O)[C@@H](O)[C@@H]1O. The standard InChI is InChI=1S/C9H20NO9P/c10-2-1-3-17-20(15,16)18-4-5-6(11)7(12)8(13)9(14)19-5/h5-9,11-14H,1-4,10H2,(H,15,16)/t5-,6-,7+,8-,9?/m1/s1. The normalized spacial score (nSPS) is 37.6. The molecule has 20 heavy (non-hydrogen) atoms. The number of aliphatic hydroxyl groups excluding tert-OH is 4. The van der Waals surface area contributed by atoms with E-state index < -0.39 is 45.1 Å². The summed E-state index contributed by atoms with van der Waals surface area (Å²) in [5.74, 6) is 0. The molecular formula is C9H20NO9P. The highest BCUT2D eigenvalue weighted by atomic mass is 31.2. The van der Waals surface area contributed by atoms with Crippen LogP contribution in [0.1, 0.15) is 6.42 Å². The van der Waals surface area contributed by atoms with Crippen LogP contribution in [0.5, 0.6) is 0 Å². The molecule has 0 aliphatic carbocycles. The lowest BCUT2D eigenvalue weighted by Gasteiger charge is -2.38. The first kappa shape index (κ1) is 17.9. The van der Waals surface area contributed by atoms with Crippen molar-refractivity contribution in [1.82, 2.24) is 0 Å². The minimum absolute atomic E-state index is 0.0810. The molecule has 1 aliphatic heterocycles. The quantitative estimate of drug-likeness (QED) is 0.214. The summed E-state index contributed by atoms with van der Waals surface area (Å²) in [6, 6.07) is 0.